The standard InChI is InChI=1S/C27H29FN4O2/c1-2-34-27(33)31-22-9-10-23-19(13-22)14-26-25(16-30-32-26)24(23)11-8-21-7-6-18(15-29-21)17-4-3-5-20(28)12-17/h3-8,11-12,15-16,19,22-24H,2,9-10,13-14H2,1H3,(H,30,32)(H,31,33)/b11-8+/t19-,22-,23+,24-/m0/s1. The van der Waals surface area contributed by atoms with Gasteiger partial charge in [0.2, 0.25) is 0 Å². The molecule has 1 aromatic carbocycles. The molecule has 34 heavy (non-hydrogen) atoms. The van der Waals surface area contributed by atoms with Crippen molar-refractivity contribution in [3.63, 3.8) is 0 Å². The third-order valence-electron chi connectivity index (χ3n) is 7.10. The van der Waals surface area contributed by atoms with Crippen LogP contribution in [-0.4, -0.2) is 33.9 Å². The molecule has 2 aliphatic carbocycles. The normalized spacial score (nSPS) is 23.8. The number of nitrogens with one attached hydrogen (secondary N) is 2. The molecule has 0 aliphatic heterocycles. The first-order chi connectivity index (χ1) is 16.6. The van der Waals surface area contributed by atoms with E-state index in [1.807, 2.05) is 31.3 Å². The number of alkyl carbamates (subject to hydrolysis) is 1. The molecule has 1 saturated carbocycles. The van der Waals surface area contributed by atoms with E-state index in [9.17, 15) is 9.18 Å². The SMILES string of the molecule is CCOC(=O)N[C@H]1CC[C@@H]2[C@H](Cc3[nH]ncc3[C@H]2/C=C/c2ccc(-c3cccc(F)c3)cn2)C1. The van der Waals surface area contributed by atoms with Crippen LogP contribution in [0, 0.1) is 17.7 Å². The zero-order valence-electron chi connectivity index (χ0n) is 19.2. The van der Waals surface area contributed by atoms with Gasteiger partial charge < -0.3 is 10.1 Å². The summed E-state index contributed by atoms with van der Waals surface area (Å²) in [6.45, 7) is 2.20. The molecule has 2 N–H and O–H groups in total. The summed E-state index contributed by atoms with van der Waals surface area (Å²) in [6.07, 6.45) is 11.6. The van der Waals surface area contributed by atoms with Gasteiger partial charge in [-0.2, -0.15) is 5.10 Å². The van der Waals surface area contributed by atoms with Gasteiger partial charge in [-0.1, -0.05) is 24.3 Å². The van der Waals surface area contributed by atoms with Gasteiger partial charge in [0, 0.05) is 35.0 Å². The number of carbonyl (C=O) groups is 1. The van der Waals surface area contributed by atoms with Gasteiger partial charge in [0.1, 0.15) is 5.82 Å². The molecule has 176 valence electrons. The highest BCUT2D eigenvalue weighted by molar-refractivity contribution is 5.67. The lowest BCUT2D eigenvalue weighted by atomic mass is 9.64. The maximum Gasteiger partial charge on any atom is 0.407 e. The van der Waals surface area contributed by atoms with Gasteiger partial charge in [0.25, 0.3) is 0 Å². The molecule has 2 heterocycles. The van der Waals surface area contributed by atoms with E-state index in [4.69, 9.17) is 4.74 Å². The summed E-state index contributed by atoms with van der Waals surface area (Å²) in [5, 5.41) is 10.5. The van der Waals surface area contributed by atoms with Gasteiger partial charge in [0.15, 0.2) is 0 Å². The van der Waals surface area contributed by atoms with Gasteiger partial charge in [-0.25, -0.2) is 9.18 Å². The first-order valence-corrected chi connectivity index (χ1v) is 12.0. The van der Waals surface area contributed by atoms with Gasteiger partial charge in [0.05, 0.1) is 18.5 Å². The topological polar surface area (TPSA) is 79.9 Å². The van der Waals surface area contributed by atoms with E-state index < -0.39 is 0 Å². The number of halogens is 1. The number of nitrogens with zero attached hydrogens (tertiary/aromatic N) is 2. The van der Waals surface area contributed by atoms with Gasteiger partial charge >= 0.3 is 6.09 Å². The molecule has 7 heteroatoms. The first-order valence-electron chi connectivity index (χ1n) is 12.0. The van der Waals surface area contributed by atoms with E-state index >= 15 is 0 Å². The number of aromatic nitrogens is 3. The van der Waals surface area contributed by atoms with Crippen molar-refractivity contribution in [2.24, 2.45) is 11.8 Å². The minimum Gasteiger partial charge on any atom is -0.450 e. The Balaban J connectivity index is 1.32. The van der Waals surface area contributed by atoms with Crippen LogP contribution in [0.2, 0.25) is 0 Å². The third-order valence-corrected chi connectivity index (χ3v) is 7.10. The predicted octanol–water partition coefficient (Wildman–Crippen LogP) is 5.49. The Bertz CT molecular complexity index is 1170. The van der Waals surface area contributed by atoms with E-state index in [0.717, 1.165) is 42.5 Å². The number of benzene rings is 1. The number of rotatable bonds is 5. The van der Waals surface area contributed by atoms with Crippen molar-refractivity contribution >= 4 is 12.2 Å². The summed E-state index contributed by atoms with van der Waals surface area (Å²) in [7, 11) is 0. The third kappa shape index (κ3) is 4.74. The highest BCUT2D eigenvalue weighted by Gasteiger charge is 2.40. The minimum atomic E-state index is -0.326. The van der Waals surface area contributed by atoms with Crippen molar-refractivity contribution < 1.29 is 13.9 Å². The number of hydrogen-bond acceptors (Lipinski definition) is 4. The summed E-state index contributed by atoms with van der Waals surface area (Å²) in [5.41, 5.74) is 5.01. The van der Waals surface area contributed by atoms with Crippen LogP contribution in [0.15, 0.2) is 54.9 Å². The molecule has 0 spiro atoms. The predicted molar refractivity (Wildman–Crippen MR) is 128 cm³/mol. The van der Waals surface area contributed by atoms with E-state index in [2.05, 4.69) is 32.7 Å². The van der Waals surface area contributed by atoms with E-state index in [1.54, 1.807) is 12.3 Å². The highest BCUT2D eigenvalue weighted by Crippen LogP contribution is 2.47. The van der Waals surface area contributed by atoms with Crippen molar-refractivity contribution in [2.75, 3.05) is 6.61 Å². The summed E-state index contributed by atoms with van der Waals surface area (Å²) in [6, 6.07) is 10.6. The second kappa shape index (κ2) is 9.79. The number of hydrogen-bond donors (Lipinski definition) is 2. The summed E-state index contributed by atoms with van der Waals surface area (Å²) < 4.78 is 18.6. The van der Waals surface area contributed by atoms with Crippen molar-refractivity contribution in [2.45, 2.75) is 44.6 Å². The molecular formula is C27H29FN4O2. The number of pyridine rings is 1. The Hall–Kier alpha value is -3.48. The number of ether oxygens (including phenoxy) is 1. The fraction of sp³-hybridized carbons (Fsp3) is 0.370. The second-order valence-electron chi connectivity index (χ2n) is 9.17. The van der Waals surface area contributed by atoms with Crippen LogP contribution in [0.4, 0.5) is 9.18 Å². The quantitative estimate of drug-likeness (QED) is 0.527. The molecule has 3 aromatic rings. The molecule has 2 aliphatic rings. The van der Waals surface area contributed by atoms with Gasteiger partial charge in [-0.3, -0.25) is 10.1 Å². The summed E-state index contributed by atoms with van der Waals surface area (Å²) >= 11 is 0. The Morgan fingerprint density at radius 2 is 2.15 bits per heavy atom. The highest BCUT2D eigenvalue weighted by atomic mass is 19.1. The zero-order chi connectivity index (χ0) is 23.5. The molecule has 6 nitrogen and oxygen atoms in total. The average molecular weight is 461 g/mol. The Morgan fingerprint density at radius 3 is 2.94 bits per heavy atom. The molecule has 1 amide bonds. The smallest absolute Gasteiger partial charge is 0.407 e. The van der Waals surface area contributed by atoms with Crippen molar-refractivity contribution in [1.82, 2.24) is 20.5 Å². The molecule has 1 fully saturated rings. The molecule has 0 saturated heterocycles. The van der Waals surface area contributed by atoms with Gasteiger partial charge in [-0.15, -0.1) is 0 Å². The van der Waals surface area contributed by atoms with Crippen LogP contribution in [0.1, 0.15) is 49.1 Å². The lowest BCUT2D eigenvalue weighted by Crippen LogP contribution is -2.44. The largest absolute Gasteiger partial charge is 0.450 e. The monoisotopic (exact) mass is 460 g/mol. The fourth-order valence-electron chi connectivity index (χ4n) is 5.52. The molecule has 5 rings (SSSR count). The lowest BCUT2D eigenvalue weighted by Gasteiger charge is -2.42. The van der Waals surface area contributed by atoms with Crippen LogP contribution < -0.4 is 5.32 Å². The maximum absolute atomic E-state index is 13.5. The van der Waals surface area contributed by atoms with Crippen LogP contribution >= 0.6 is 0 Å². The van der Waals surface area contributed by atoms with Crippen molar-refractivity contribution in [1.29, 1.82) is 0 Å². The summed E-state index contributed by atoms with van der Waals surface area (Å²) in [5.74, 6) is 0.955. The van der Waals surface area contributed by atoms with Crippen LogP contribution in [0.3, 0.4) is 0 Å². The molecule has 2 aromatic heterocycles. The van der Waals surface area contributed by atoms with Crippen LogP contribution in [-0.2, 0) is 11.2 Å². The maximum atomic E-state index is 13.5. The van der Waals surface area contributed by atoms with Crippen LogP contribution in [0.25, 0.3) is 17.2 Å². The van der Waals surface area contributed by atoms with E-state index in [-0.39, 0.29) is 23.9 Å². The number of fused-ring (bicyclic) bond motifs is 2. The number of H-pyrrole nitrogens is 1. The molecule has 0 unspecified atom stereocenters. The molecular weight excluding hydrogens is 431 g/mol. The first kappa shape index (κ1) is 22.3. The zero-order valence-corrected chi connectivity index (χ0v) is 19.2. The van der Waals surface area contributed by atoms with Crippen molar-refractivity contribution in [3.05, 3.63) is 77.6 Å². The van der Waals surface area contributed by atoms with E-state index in [0.29, 0.717) is 18.4 Å². The Labute approximate surface area is 198 Å². The number of carbonyl (C=O) groups excluding carboxylic acids is 1. The number of amides is 1. The van der Waals surface area contributed by atoms with Crippen molar-refractivity contribution in [3.8, 4) is 11.1 Å². The molecule has 4 atom stereocenters. The lowest BCUT2D eigenvalue weighted by molar-refractivity contribution is 0.129. The number of aromatic amines is 1. The fourth-order valence-corrected chi connectivity index (χ4v) is 5.52. The van der Waals surface area contributed by atoms with E-state index in [1.165, 1.54) is 23.4 Å². The minimum absolute atomic E-state index is 0.145. The van der Waals surface area contributed by atoms with Crippen LogP contribution in [0.5, 0.6) is 0 Å². The Morgan fingerprint density at radius 1 is 1.24 bits per heavy atom. The molecule has 0 bridgehead atoms. The second-order valence-corrected chi connectivity index (χ2v) is 9.17. The van der Waals surface area contributed by atoms with Gasteiger partial charge in [-0.05, 0) is 74.3 Å². The number of allylic oxidation sites excluding steroid dienone is 1. The average Bonchev–Trinajstić information content (AvgIpc) is 3.30. The molecule has 0 radical (unpaired) electrons. The summed E-state index contributed by atoms with van der Waals surface area (Å²) in [4.78, 5) is 16.5. The Kier molecular flexibility index (Phi) is 6.43.